The molecule has 8 nitrogen and oxygen atoms in total. The second kappa shape index (κ2) is 8.84. The molecule has 5 aromatic rings. The van der Waals surface area contributed by atoms with E-state index in [1.807, 2.05) is 45.0 Å². The predicted molar refractivity (Wildman–Crippen MR) is 135 cm³/mol. The quantitative estimate of drug-likeness (QED) is 0.349. The summed E-state index contributed by atoms with van der Waals surface area (Å²) < 4.78 is 36.0. The lowest BCUT2D eigenvalue weighted by molar-refractivity contribution is 0.460. The molecule has 2 aromatic heterocycles. The molecule has 2 heterocycles. The molecule has 176 valence electrons. The molecule has 0 unspecified atom stereocenters. The molecule has 9 heteroatoms. The molecular formula is C26H23N5O3S. The normalized spacial score (nSPS) is 11.5. The van der Waals surface area contributed by atoms with Crippen LogP contribution in [0.5, 0.6) is 11.6 Å². The third-order valence-electron chi connectivity index (χ3n) is 5.86. The van der Waals surface area contributed by atoms with E-state index in [1.54, 1.807) is 53.2 Å². The average molecular weight is 486 g/mol. The van der Waals surface area contributed by atoms with Crippen LogP contribution < -0.4 is 9.46 Å². The first-order valence-electron chi connectivity index (χ1n) is 10.9. The van der Waals surface area contributed by atoms with Gasteiger partial charge in [0.15, 0.2) is 5.82 Å². The van der Waals surface area contributed by atoms with Gasteiger partial charge in [-0.1, -0.05) is 30.3 Å². The number of nitrogens with zero attached hydrogens (tertiary/aromatic N) is 4. The minimum atomic E-state index is -3.74. The largest absolute Gasteiger partial charge is 0.439 e. The second-order valence-corrected chi connectivity index (χ2v) is 9.85. The van der Waals surface area contributed by atoms with E-state index in [0.29, 0.717) is 23.1 Å². The number of fused-ring (bicyclic) bond motifs is 1. The summed E-state index contributed by atoms with van der Waals surface area (Å²) in [5.41, 5.74) is 3.46. The fourth-order valence-electron chi connectivity index (χ4n) is 3.71. The molecule has 3 aromatic carbocycles. The number of rotatable bonds is 6. The van der Waals surface area contributed by atoms with E-state index >= 15 is 0 Å². The number of aryl methyl sites for hydroxylation is 1. The Morgan fingerprint density at radius 2 is 1.60 bits per heavy atom. The van der Waals surface area contributed by atoms with Gasteiger partial charge in [0.2, 0.25) is 5.88 Å². The Morgan fingerprint density at radius 1 is 0.857 bits per heavy atom. The van der Waals surface area contributed by atoms with E-state index < -0.39 is 10.0 Å². The van der Waals surface area contributed by atoms with Gasteiger partial charge in [-0.3, -0.25) is 4.72 Å². The van der Waals surface area contributed by atoms with E-state index in [4.69, 9.17) is 4.74 Å². The molecule has 0 saturated carbocycles. The van der Waals surface area contributed by atoms with Crippen molar-refractivity contribution in [1.29, 1.82) is 0 Å². The number of aromatic nitrogens is 4. The van der Waals surface area contributed by atoms with Crippen LogP contribution in [0.25, 0.3) is 16.6 Å². The molecule has 0 atom stereocenters. The highest BCUT2D eigenvalue weighted by molar-refractivity contribution is 7.92. The summed E-state index contributed by atoms with van der Waals surface area (Å²) in [4.78, 5) is 8.68. The van der Waals surface area contributed by atoms with Crippen LogP contribution in [0.1, 0.15) is 17.0 Å². The zero-order valence-corrected chi connectivity index (χ0v) is 20.2. The summed E-state index contributed by atoms with van der Waals surface area (Å²) in [6.07, 6.45) is 1.42. The van der Waals surface area contributed by atoms with E-state index in [-0.39, 0.29) is 4.90 Å². The van der Waals surface area contributed by atoms with Crippen LogP contribution in [-0.2, 0) is 10.0 Å². The summed E-state index contributed by atoms with van der Waals surface area (Å²) in [6, 6.07) is 21.0. The lowest BCUT2D eigenvalue weighted by Crippen LogP contribution is -2.12. The Hall–Kier alpha value is -4.24. The van der Waals surface area contributed by atoms with Gasteiger partial charge in [-0.05, 0) is 73.5 Å². The molecule has 35 heavy (non-hydrogen) atoms. The third-order valence-corrected chi connectivity index (χ3v) is 7.24. The minimum Gasteiger partial charge on any atom is -0.439 e. The average Bonchev–Trinajstić information content (AvgIpc) is 3.12. The van der Waals surface area contributed by atoms with E-state index in [0.717, 1.165) is 27.7 Å². The Morgan fingerprint density at radius 3 is 2.31 bits per heavy atom. The van der Waals surface area contributed by atoms with Crippen molar-refractivity contribution in [2.75, 3.05) is 4.72 Å². The van der Waals surface area contributed by atoms with Gasteiger partial charge in [0.1, 0.15) is 12.1 Å². The van der Waals surface area contributed by atoms with Gasteiger partial charge < -0.3 is 4.74 Å². The monoisotopic (exact) mass is 485 g/mol. The van der Waals surface area contributed by atoms with Gasteiger partial charge >= 0.3 is 0 Å². The second-order valence-electron chi connectivity index (χ2n) is 8.16. The SMILES string of the molecule is Cc1nn(-c2cc(Oc3ccc(NS(=O)(=O)c4ccc5ccccc5c4)cc3)ncn2)c(C)c1C. The van der Waals surface area contributed by atoms with E-state index in [2.05, 4.69) is 19.8 Å². The standard InChI is InChI=1S/C26H23N5O3S/c1-17-18(2)29-31(19(17)3)25-15-26(28-16-27-25)34-23-11-9-22(10-12-23)30-35(32,33)24-13-8-20-6-4-5-7-21(20)14-24/h4-16,30H,1-3H3. The van der Waals surface area contributed by atoms with Crippen LogP contribution in [0.2, 0.25) is 0 Å². The van der Waals surface area contributed by atoms with E-state index in [9.17, 15) is 8.42 Å². The lowest BCUT2D eigenvalue weighted by Gasteiger charge is -2.10. The molecule has 1 N–H and O–H groups in total. The highest BCUT2D eigenvalue weighted by atomic mass is 32.2. The number of sulfonamides is 1. The maximum atomic E-state index is 12.9. The maximum Gasteiger partial charge on any atom is 0.261 e. The number of nitrogens with one attached hydrogen (secondary N) is 1. The molecule has 0 spiro atoms. The van der Waals surface area contributed by atoms with Crippen LogP contribution in [0, 0.1) is 20.8 Å². The summed E-state index contributed by atoms with van der Waals surface area (Å²) in [7, 11) is -3.74. The van der Waals surface area contributed by atoms with Gasteiger partial charge in [0, 0.05) is 17.4 Å². The van der Waals surface area contributed by atoms with Crippen LogP contribution >= 0.6 is 0 Å². The molecule has 0 saturated heterocycles. The molecule has 5 rings (SSSR count). The first-order valence-corrected chi connectivity index (χ1v) is 12.4. The number of hydrogen-bond donors (Lipinski definition) is 1. The van der Waals surface area contributed by atoms with Crippen molar-refractivity contribution in [3.05, 3.63) is 96.1 Å². The minimum absolute atomic E-state index is 0.199. The lowest BCUT2D eigenvalue weighted by atomic mass is 10.1. The van der Waals surface area contributed by atoms with Crippen molar-refractivity contribution in [2.24, 2.45) is 0 Å². The number of benzene rings is 3. The number of hydrogen-bond acceptors (Lipinski definition) is 6. The Balaban J connectivity index is 1.32. The first-order chi connectivity index (χ1) is 16.8. The molecule has 0 radical (unpaired) electrons. The Kier molecular flexibility index (Phi) is 5.70. The zero-order valence-electron chi connectivity index (χ0n) is 19.4. The summed E-state index contributed by atoms with van der Waals surface area (Å²) in [5.74, 6) is 1.46. The zero-order chi connectivity index (χ0) is 24.6. The van der Waals surface area contributed by atoms with Crippen LogP contribution in [0.4, 0.5) is 5.69 Å². The smallest absolute Gasteiger partial charge is 0.261 e. The molecular weight excluding hydrogens is 462 g/mol. The van der Waals surface area contributed by atoms with Gasteiger partial charge in [-0.15, -0.1) is 0 Å². The van der Waals surface area contributed by atoms with Crippen LogP contribution in [-0.4, -0.2) is 28.2 Å². The van der Waals surface area contributed by atoms with Crippen molar-refractivity contribution in [3.63, 3.8) is 0 Å². The number of anilines is 1. The van der Waals surface area contributed by atoms with Crippen LogP contribution in [0.15, 0.2) is 84.0 Å². The topological polar surface area (TPSA) is 99.0 Å². The molecule has 0 aliphatic heterocycles. The number of ether oxygens (including phenoxy) is 1. The van der Waals surface area contributed by atoms with E-state index in [1.165, 1.54) is 6.33 Å². The summed E-state index contributed by atoms with van der Waals surface area (Å²) in [5, 5.41) is 6.36. The predicted octanol–water partition coefficient (Wildman–Crippen LogP) is 5.33. The van der Waals surface area contributed by atoms with Gasteiger partial charge in [-0.25, -0.2) is 23.1 Å². The van der Waals surface area contributed by atoms with Crippen molar-refractivity contribution in [2.45, 2.75) is 25.7 Å². The van der Waals surface area contributed by atoms with Crippen molar-refractivity contribution < 1.29 is 13.2 Å². The first kappa shape index (κ1) is 22.5. The van der Waals surface area contributed by atoms with Crippen molar-refractivity contribution in [3.8, 4) is 17.4 Å². The van der Waals surface area contributed by atoms with Crippen LogP contribution in [0.3, 0.4) is 0 Å². The van der Waals surface area contributed by atoms with Gasteiger partial charge in [0.05, 0.1) is 10.6 Å². The molecule has 0 aliphatic carbocycles. The fraction of sp³-hybridized carbons (Fsp3) is 0.115. The highest BCUT2D eigenvalue weighted by Crippen LogP contribution is 2.25. The Labute approximate surface area is 203 Å². The summed E-state index contributed by atoms with van der Waals surface area (Å²) in [6.45, 7) is 5.95. The van der Waals surface area contributed by atoms with Gasteiger partial charge in [0.25, 0.3) is 10.0 Å². The highest BCUT2D eigenvalue weighted by Gasteiger charge is 2.15. The van der Waals surface area contributed by atoms with Crippen molar-refractivity contribution in [1.82, 2.24) is 19.7 Å². The Bertz CT molecular complexity index is 1640. The third kappa shape index (κ3) is 4.58. The van der Waals surface area contributed by atoms with Crippen molar-refractivity contribution >= 4 is 26.5 Å². The van der Waals surface area contributed by atoms with Gasteiger partial charge in [-0.2, -0.15) is 5.10 Å². The molecule has 0 amide bonds. The summed E-state index contributed by atoms with van der Waals surface area (Å²) >= 11 is 0. The molecule has 0 fully saturated rings. The fourth-order valence-corrected chi connectivity index (χ4v) is 4.80. The molecule has 0 aliphatic rings. The maximum absolute atomic E-state index is 12.9. The molecule has 0 bridgehead atoms.